The number of rotatable bonds is 7. The van der Waals surface area contributed by atoms with Crippen molar-refractivity contribution in [3.63, 3.8) is 0 Å². The second kappa shape index (κ2) is 8.43. The van der Waals surface area contributed by atoms with Crippen LogP contribution in [0.2, 0.25) is 0 Å². The van der Waals surface area contributed by atoms with Crippen molar-refractivity contribution in [3.8, 4) is 16.9 Å². The van der Waals surface area contributed by atoms with Crippen LogP contribution in [0.4, 0.5) is 5.82 Å². The van der Waals surface area contributed by atoms with Crippen LogP contribution >= 0.6 is 0 Å². The molecule has 1 amide bonds. The van der Waals surface area contributed by atoms with Crippen LogP contribution in [0, 0.1) is 0 Å². The van der Waals surface area contributed by atoms with E-state index in [4.69, 9.17) is 4.74 Å². The van der Waals surface area contributed by atoms with Crippen LogP contribution in [-0.2, 0) is 17.9 Å². The van der Waals surface area contributed by atoms with E-state index >= 15 is 0 Å². The molecule has 4 rings (SSSR count). The first-order chi connectivity index (χ1) is 14.2. The molecule has 0 unspecified atom stereocenters. The number of hydrogen-bond acceptors (Lipinski definition) is 4. The number of amides is 1. The highest BCUT2D eigenvalue weighted by Gasteiger charge is 2.10. The van der Waals surface area contributed by atoms with E-state index in [2.05, 4.69) is 15.5 Å². The highest BCUT2D eigenvalue weighted by molar-refractivity contribution is 5.89. The summed E-state index contributed by atoms with van der Waals surface area (Å²) in [6, 6.07) is 19.5. The zero-order valence-corrected chi connectivity index (χ0v) is 16.0. The average molecular weight is 387 g/mol. The number of methoxy groups -OCH3 is 1. The van der Waals surface area contributed by atoms with Crippen molar-refractivity contribution in [3.05, 3.63) is 84.8 Å². The first-order valence-electron chi connectivity index (χ1n) is 9.24. The van der Waals surface area contributed by atoms with E-state index in [1.54, 1.807) is 28.7 Å². The summed E-state index contributed by atoms with van der Waals surface area (Å²) in [7, 11) is 1.63. The van der Waals surface area contributed by atoms with Gasteiger partial charge >= 0.3 is 0 Å². The maximum Gasteiger partial charge on any atom is 0.247 e. The summed E-state index contributed by atoms with van der Waals surface area (Å²) in [5.74, 6) is 1.09. The number of hydrogen-bond donors (Lipinski definition) is 1. The standard InChI is InChI=1S/C22H21N5O2/c1-29-20-10-6-5-9-19(20)18-13-23-27(15-18)16-22(28)24-21-11-12-26(25-21)14-17-7-3-2-4-8-17/h2-13,15H,14,16H2,1H3,(H,24,25,28). The van der Waals surface area contributed by atoms with E-state index in [0.29, 0.717) is 12.4 Å². The van der Waals surface area contributed by atoms with Gasteiger partial charge < -0.3 is 10.1 Å². The number of benzene rings is 2. The van der Waals surface area contributed by atoms with E-state index in [1.165, 1.54) is 0 Å². The average Bonchev–Trinajstić information content (AvgIpc) is 3.38. The van der Waals surface area contributed by atoms with Crippen molar-refractivity contribution in [1.82, 2.24) is 19.6 Å². The molecular formula is C22H21N5O2. The van der Waals surface area contributed by atoms with Gasteiger partial charge in [0, 0.05) is 29.6 Å². The van der Waals surface area contributed by atoms with E-state index in [-0.39, 0.29) is 12.5 Å². The Morgan fingerprint density at radius 1 is 1.03 bits per heavy atom. The molecule has 0 aliphatic rings. The second-order valence-electron chi connectivity index (χ2n) is 6.56. The molecule has 7 heteroatoms. The molecule has 0 aliphatic carbocycles. The van der Waals surface area contributed by atoms with Crippen LogP contribution in [0.15, 0.2) is 79.3 Å². The van der Waals surface area contributed by atoms with E-state index in [1.807, 2.05) is 67.0 Å². The molecule has 2 heterocycles. The second-order valence-corrected chi connectivity index (χ2v) is 6.56. The molecular weight excluding hydrogens is 366 g/mol. The van der Waals surface area contributed by atoms with Gasteiger partial charge in [-0.1, -0.05) is 48.5 Å². The molecule has 29 heavy (non-hydrogen) atoms. The minimum Gasteiger partial charge on any atom is -0.496 e. The Kier molecular flexibility index (Phi) is 5.38. The topological polar surface area (TPSA) is 74.0 Å². The van der Waals surface area contributed by atoms with Crippen LogP contribution < -0.4 is 10.1 Å². The SMILES string of the molecule is COc1ccccc1-c1cnn(CC(=O)Nc2ccn(Cc3ccccc3)n2)c1. The van der Waals surface area contributed by atoms with Crippen LogP contribution in [-0.4, -0.2) is 32.6 Å². The number of para-hydroxylation sites is 1. The number of anilines is 1. The minimum atomic E-state index is -0.190. The monoisotopic (exact) mass is 387 g/mol. The van der Waals surface area contributed by atoms with Crippen molar-refractivity contribution in [2.75, 3.05) is 12.4 Å². The van der Waals surface area contributed by atoms with Gasteiger partial charge in [0.2, 0.25) is 5.91 Å². The predicted molar refractivity (Wildman–Crippen MR) is 111 cm³/mol. The number of carbonyl (C=O) groups excluding carboxylic acids is 1. The fourth-order valence-corrected chi connectivity index (χ4v) is 3.09. The molecule has 0 saturated carbocycles. The molecule has 0 spiro atoms. The molecule has 1 N–H and O–H groups in total. The smallest absolute Gasteiger partial charge is 0.247 e. The van der Waals surface area contributed by atoms with Crippen LogP contribution in [0.5, 0.6) is 5.75 Å². The van der Waals surface area contributed by atoms with Crippen LogP contribution in [0.1, 0.15) is 5.56 Å². The molecule has 7 nitrogen and oxygen atoms in total. The van der Waals surface area contributed by atoms with E-state index in [0.717, 1.165) is 22.4 Å². The summed E-state index contributed by atoms with van der Waals surface area (Å²) >= 11 is 0. The lowest BCUT2D eigenvalue weighted by Crippen LogP contribution is -2.19. The van der Waals surface area contributed by atoms with Gasteiger partial charge in [-0.2, -0.15) is 10.2 Å². The molecule has 0 atom stereocenters. The van der Waals surface area contributed by atoms with Gasteiger partial charge in [0.25, 0.3) is 0 Å². The third-order valence-electron chi connectivity index (χ3n) is 4.45. The summed E-state index contributed by atoms with van der Waals surface area (Å²) in [5.41, 5.74) is 2.97. The fraction of sp³-hybridized carbons (Fsp3) is 0.136. The maximum absolute atomic E-state index is 12.4. The van der Waals surface area contributed by atoms with Crippen molar-refractivity contribution in [2.45, 2.75) is 13.1 Å². The zero-order chi connectivity index (χ0) is 20.1. The van der Waals surface area contributed by atoms with Crippen molar-refractivity contribution in [1.29, 1.82) is 0 Å². The summed E-state index contributed by atoms with van der Waals surface area (Å²) < 4.78 is 8.77. The molecule has 2 aromatic carbocycles. The summed E-state index contributed by atoms with van der Waals surface area (Å²) in [4.78, 5) is 12.4. The van der Waals surface area contributed by atoms with Crippen LogP contribution in [0.25, 0.3) is 11.1 Å². The number of nitrogens with zero attached hydrogens (tertiary/aromatic N) is 4. The Morgan fingerprint density at radius 3 is 2.66 bits per heavy atom. The predicted octanol–water partition coefficient (Wildman–Crippen LogP) is 3.44. The summed E-state index contributed by atoms with van der Waals surface area (Å²) in [6.07, 6.45) is 5.39. The van der Waals surface area contributed by atoms with Gasteiger partial charge in [-0.3, -0.25) is 14.2 Å². The van der Waals surface area contributed by atoms with Gasteiger partial charge in [0.05, 0.1) is 19.9 Å². The molecule has 146 valence electrons. The highest BCUT2D eigenvalue weighted by atomic mass is 16.5. The third kappa shape index (κ3) is 4.52. The van der Waals surface area contributed by atoms with E-state index < -0.39 is 0 Å². The van der Waals surface area contributed by atoms with Gasteiger partial charge in [-0.25, -0.2) is 0 Å². The van der Waals surface area contributed by atoms with Gasteiger partial charge in [-0.15, -0.1) is 0 Å². The molecule has 4 aromatic rings. The fourth-order valence-electron chi connectivity index (χ4n) is 3.09. The zero-order valence-electron chi connectivity index (χ0n) is 16.0. The molecule has 0 saturated heterocycles. The van der Waals surface area contributed by atoms with Crippen LogP contribution in [0.3, 0.4) is 0 Å². The van der Waals surface area contributed by atoms with Gasteiger partial charge in [0.1, 0.15) is 12.3 Å². The lowest BCUT2D eigenvalue weighted by Gasteiger charge is -2.05. The molecule has 0 fully saturated rings. The summed E-state index contributed by atoms with van der Waals surface area (Å²) in [6.45, 7) is 0.749. The lowest BCUT2D eigenvalue weighted by molar-refractivity contribution is -0.116. The number of ether oxygens (including phenoxy) is 1. The Balaban J connectivity index is 1.38. The Morgan fingerprint density at radius 2 is 1.83 bits per heavy atom. The molecule has 2 aromatic heterocycles. The first-order valence-corrected chi connectivity index (χ1v) is 9.24. The highest BCUT2D eigenvalue weighted by Crippen LogP contribution is 2.28. The Labute approximate surface area is 168 Å². The molecule has 0 radical (unpaired) electrons. The van der Waals surface area contributed by atoms with Crippen molar-refractivity contribution >= 4 is 11.7 Å². The third-order valence-corrected chi connectivity index (χ3v) is 4.45. The lowest BCUT2D eigenvalue weighted by atomic mass is 10.1. The number of carbonyl (C=O) groups is 1. The van der Waals surface area contributed by atoms with E-state index in [9.17, 15) is 4.79 Å². The van der Waals surface area contributed by atoms with Crippen molar-refractivity contribution in [2.24, 2.45) is 0 Å². The molecule has 0 aliphatic heterocycles. The number of aromatic nitrogens is 4. The summed E-state index contributed by atoms with van der Waals surface area (Å²) in [5, 5.41) is 11.5. The van der Waals surface area contributed by atoms with Crippen molar-refractivity contribution < 1.29 is 9.53 Å². The largest absolute Gasteiger partial charge is 0.496 e. The first kappa shape index (κ1) is 18.5. The Bertz CT molecular complexity index is 1100. The minimum absolute atomic E-state index is 0.0979. The maximum atomic E-state index is 12.4. The number of nitrogens with one attached hydrogen (secondary N) is 1. The Hall–Kier alpha value is -3.87. The van der Waals surface area contributed by atoms with Gasteiger partial charge in [0.15, 0.2) is 5.82 Å². The normalized spacial score (nSPS) is 10.7. The molecule has 0 bridgehead atoms. The quantitative estimate of drug-likeness (QED) is 0.527. The van der Waals surface area contributed by atoms with Gasteiger partial charge in [-0.05, 0) is 11.6 Å².